The molecule has 0 aliphatic rings. The number of imidazole rings is 1. The summed E-state index contributed by atoms with van der Waals surface area (Å²) in [7, 11) is 0. The van der Waals surface area contributed by atoms with Gasteiger partial charge in [-0.15, -0.1) is 0 Å². The molecule has 2 heterocycles. The van der Waals surface area contributed by atoms with Crippen LogP contribution in [0.15, 0.2) is 54.9 Å². The Morgan fingerprint density at radius 1 is 0.919 bits per heavy atom. The summed E-state index contributed by atoms with van der Waals surface area (Å²) in [5.74, 6) is 1.31. The summed E-state index contributed by atoms with van der Waals surface area (Å²) in [6.45, 7) is 12.8. The van der Waals surface area contributed by atoms with Crippen molar-refractivity contribution in [2.75, 3.05) is 17.2 Å². The van der Waals surface area contributed by atoms with E-state index < -0.39 is 6.10 Å². The Kier molecular flexibility index (Phi) is 10.00. The van der Waals surface area contributed by atoms with Crippen molar-refractivity contribution in [1.29, 1.82) is 0 Å². The number of nitrogens with one attached hydrogen (secondary N) is 2. The maximum absolute atomic E-state index is 9.77. The average molecular weight is 505 g/mol. The molecule has 2 aromatic heterocycles. The molecule has 0 aliphatic heterocycles. The highest BCUT2D eigenvalue weighted by Crippen LogP contribution is 2.26. The fourth-order valence-corrected chi connectivity index (χ4v) is 3.81. The summed E-state index contributed by atoms with van der Waals surface area (Å²) in [6, 6.07) is 16.4. The second-order valence-corrected chi connectivity index (χ2v) is 9.14. The molecule has 0 aliphatic carbocycles. The van der Waals surface area contributed by atoms with Gasteiger partial charge in [-0.25, -0.2) is 4.98 Å². The fraction of sp³-hybridized carbons (Fsp3) is 0.414. The number of anilines is 2. The quantitative estimate of drug-likeness (QED) is 0.211. The molecule has 2 aromatic carbocycles. The lowest BCUT2D eigenvalue weighted by molar-refractivity contribution is 0.0956. The van der Waals surface area contributed by atoms with Gasteiger partial charge >= 0.3 is 0 Å². The third kappa shape index (κ3) is 6.84. The number of aliphatic hydroxyl groups excluding tert-OH is 2. The highest BCUT2D eigenvalue weighted by Gasteiger charge is 2.16. The molecule has 0 saturated heterocycles. The van der Waals surface area contributed by atoms with Crippen LogP contribution in [0.4, 0.5) is 11.8 Å². The SMILES string of the molecule is CC.CCC(C)Nc1nc(NCc2ccc(-c3ccc(C(O)CO)cc3)cc2)c2ncn(C(C)C)c2n1. The smallest absolute Gasteiger partial charge is 0.226 e. The van der Waals surface area contributed by atoms with Crippen LogP contribution >= 0.6 is 0 Å². The molecule has 0 radical (unpaired) electrons. The molecule has 37 heavy (non-hydrogen) atoms. The Balaban J connectivity index is 0.00000186. The van der Waals surface area contributed by atoms with E-state index in [4.69, 9.17) is 15.1 Å². The number of rotatable bonds is 10. The van der Waals surface area contributed by atoms with Crippen molar-refractivity contribution < 1.29 is 10.2 Å². The van der Waals surface area contributed by atoms with E-state index in [2.05, 4.69) is 72.1 Å². The molecular formula is C29H40N6O2. The summed E-state index contributed by atoms with van der Waals surface area (Å²) < 4.78 is 2.06. The number of aromatic nitrogens is 4. The normalized spacial score (nSPS) is 12.7. The van der Waals surface area contributed by atoms with Crippen LogP contribution in [0, 0.1) is 0 Å². The monoisotopic (exact) mass is 504 g/mol. The van der Waals surface area contributed by atoms with Crippen LogP contribution in [0.25, 0.3) is 22.3 Å². The lowest BCUT2D eigenvalue weighted by Gasteiger charge is -2.15. The zero-order valence-electron chi connectivity index (χ0n) is 22.7. The zero-order chi connectivity index (χ0) is 26.9. The van der Waals surface area contributed by atoms with Crippen LogP contribution in [0.1, 0.15) is 71.2 Å². The molecule has 8 nitrogen and oxygen atoms in total. The van der Waals surface area contributed by atoms with Crippen molar-refractivity contribution in [3.8, 4) is 11.1 Å². The van der Waals surface area contributed by atoms with Crippen molar-refractivity contribution in [3.63, 3.8) is 0 Å². The third-order valence-corrected chi connectivity index (χ3v) is 6.18. The molecule has 2 unspecified atom stereocenters. The Labute approximate surface area is 219 Å². The first kappa shape index (κ1) is 28.1. The van der Waals surface area contributed by atoms with Crippen molar-refractivity contribution in [2.24, 2.45) is 0 Å². The highest BCUT2D eigenvalue weighted by molar-refractivity contribution is 5.84. The van der Waals surface area contributed by atoms with Crippen LogP contribution in [0.5, 0.6) is 0 Å². The number of hydrogen-bond acceptors (Lipinski definition) is 7. The number of fused-ring (bicyclic) bond motifs is 1. The van der Waals surface area contributed by atoms with Crippen molar-refractivity contribution in [2.45, 2.75) is 72.7 Å². The van der Waals surface area contributed by atoms with Gasteiger partial charge in [-0.3, -0.25) is 0 Å². The maximum Gasteiger partial charge on any atom is 0.226 e. The molecule has 0 spiro atoms. The Morgan fingerprint density at radius 2 is 1.54 bits per heavy atom. The van der Waals surface area contributed by atoms with Crippen LogP contribution in [-0.2, 0) is 6.54 Å². The van der Waals surface area contributed by atoms with E-state index in [1.165, 1.54) is 0 Å². The van der Waals surface area contributed by atoms with Crippen molar-refractivity contribution >= 4 is 22.9 Å². The predicted octanol–water partition coefficient (Wildman–Crippen LogP) is 5.95. The molecule has 0 bridgehead atoms. The third-order valence-electron chi connectivity index (χ3n) is 6.18. The molecule has 2 atom stereocenters. The Morgan fingerprint density at radius 3 is 2.11 bits per heavy atom. The molecular weight excluding hydrogens is 464 g/mol. The minimum Gasteiger partial charge on any atom is -0.393 e. The van der Waals surface area contributed by atoms with Crippen molar-refractivity contribution in [1.82, 2.24) is 19.5 Å². The van der Waals surface area contributed by atoms with E-state index in [-0.39, 0.29) is 18.7 Å². The van der Waals surface area contributed by atoms with Gasteiger partial charge in [0.05, 0.1) is 12.9 Å². The highest BCUT2D eigenvalue weighted by atomic mass is 16.3. The first-order valence-corrected chi connectivity index (χ1v) is 13.1. The molecule has 4 aromatic rings. The fourth-order valence-electron chi connectivity index (χ4n) is 3.81. The lowest BCUT2D eigenvalue weighted by atomic mass is 10.0. The molecule has 198 valence electrons. The van der Waals surface area contributed by atoms with E-state index in [1.807, 2.05) is 44.4 Å². The summed E-state index contributed by atoms with van der Waals surface area (Å²) in [5.41, 5.74) is 5.53. The lowest BCUT2D eigenvalue weighted by Crippen LogP contribution is -2.17. The first-order chi connectivity index (χ1) is 17.9. The van der Waals surface area contributed by atoms with Crippen molar-refractivity contribution in [3.05, 3.63) is 66.0 Å². The minimum absolute atomic E-state index is 0.243. The number of nitrogens with zero attached hydrogens (tertiary/aromatic N) is 4. The van der Waals surface area contributed by atoms with Gasteiger partial charge in [0.1, 0.15) is 6.10 Å². The average Bonchev–Trinajstić information content (AvgIpc) is 3.37. The second kappa shape index (κ2) is 13.2. The number of benzene rings is 2. The van der Waals surface area contributed by atoms with Gasteiger partial charge < -0.3 is 25.4 Å². The predicted molar refractivity (Wildman–Crippen MR) is 152 cm³/mol. The molecule has 0 amide bonds. The van der Waals surface area contributed by atoms with Gasteiger partial charge in [-0.1, -0.05) is 69.3 Å². The second-order valence-electron chi connectivity index (χ2n) is 9.14. The van der Waals surface area contributed by atoms with Gasteiger partial charge in [0.25, 0.3) is 0 Å². The molecule has 4 N–H and O–H groups in total. The Hall–Kier alpha value is -3.49. The van der Waals surface area contributed by atoms with Crippen LogP contribution in [0.2, 0.25) is 0 Å². The van der Waals surface area contributed by atoms with E-state index in [1.54, 1.807) is 0 Å². The van der Waals surface area contributed by atoms with Gasteiger partial charge in [0.15, 0.2) is 17.0 Å². The molecule has 4 rings (SSSR count). The number of aliphatic hydroxyl groups is 2. The van der Waals surface area contributed by atoms with E-state index >= 15 is 0 Å². The summed E-state index contributed by atoms with van der Waals surface area (Å²) in [5, 5.41) is 25.7. The van der Waals surface area contributed by atoms with Gasteiger partial charge in [0, 0.05) is 18.6 Å². The van der Waals surface area contributed by atoms with Crippen LogP contribution in [-0.4, -0.2) is 42.4 Å². The number of hydrogen-bond donors (Lipinski definition) is 4. The Bertz CT molecular complexity index is 1250. The van der Waals surface area contributed by atoms with Gasteiger partial charge in [0.2, 0.25) is 5.95 Å². The molecule has 8 heteroatoms. The standard InChI is InChI=1S/C27H34N6O2.C2H6/c1-5-18(4)30-27-31-25(24-26(32-27)33(16-29-24)17(2)3)28-14-19-6-8-20(9-7-19)21-10-12-22(13-11-21)23(35)15-34;1-2/h6-13,16-18,23,34-35H,5,14-15H2,1-4H3,(H2,28,30,31,32);1-2H3. The van der Waals surface area contributed by atoms with E-state index in [9.17, 15) is 5.11 Å². The molecule has 0 saturated carbocycles. The van der Waals surface area contributed by atoms with Gasteiger partial charge in [-0.2, -0.15) is 9.97 Å². The summed E-state index contributed by atoms with van der Waals surface area (Å²) >= 11 is 0. The summed E-state index contributed by atoms with van der Waals surface area (Å²) in [4.78, 5) is 14.0. The van der Waals surface area contributed by atoms with Crippen LogP contribution < -0.4 is 10.6 Å². The summed E-state index contributed by atoms with van der Waals surface area (Å²) in [6.07, 6.45) is 1.95. The maximum atomic E-state index is 9.77. The first-order valence-electron chi connectivity index (χ1n) is 13.1. The minimum atomic E-state index is -0.849. The van der Waals surface area contributed by atoms with E-state index in [0.29, 0.717) is 23.9 Å². The molecule has 0 fully saturated rings. The van der Waals surface area contributed by atoms with Gasteiger partial charge in [-0.05, 0) is 49.4 Å². The largest absolute Gasteiger partial charge is 0.393 e. The van der Waals surface area contributed by atoms with Crippen LogP contribution in [0.3, 0.4) is 0 Å². The van der Waals surface area contributed by atoms with E-state index in [0.717, 1.165) is 34.3 Å². The topological polar surface area (TPSA) is 108 Å². The zero-order valence-corrected chi connectivity index (χ0v) is 22.7.